The van der Waals surface area contributed by atoms with E-state index in [9.17, 15) is 4.79 Å². The molecule has 1 fully saturated rings. The van der Waals surface area contributed by atoms with Crippen LogP contribution in [0.5, 0.6) is 5.75 Å². The topological polar surface area (TPSA) is 35.5 Å². The Hall–Kier alpha value is -0.780. The van der Waals surface area contributed by atoms with Gasteiger partial charge in [0, 0.05) is 9.49 Å². The monoisotopic (exact) mass is 346 g/mol. The van der Waals surface area contributed by atoms with Crippen LogP contribution in [0, 0.1) is 15.4 Å². The number of rotatable bonds is 5. The number of hydrogen-bond acceptors (Lipinski definition) is 3. The molecule has 17 heavy (non-hydrogen) atoms. The van der Waals surface area contributed by atoms with E-state index in [0.29, 0.717) is 19.1 Å². The predicted octanol–water partition coefficient (Wildman–Crippen LogP) is 2.87. The van der Waals surface area contributed by atoms with E-state index in [1.54, 1.807) is 0 Å². The predicted molar refractivity (Wildman–Crippen MR) is 72.9 cm³/mol. The Balaban J connectivity index is 1.74. The Kier molecular flexibility index (Phi) is 4.25. The van der Waals surface area contributed by atoms with E-state index >= 15 is 0 Å². The van der Waals surface area contributed by atoms with Crippen molar-refractivity contribution >= 4 is 28.6 Å². The maximum absolute atomic E-state index is 11.4. The van der Waals surface area contributed by atoms with Gasteiger partial charge in [-0.2, -0.15) is 0 Å². The van der Waals surface area contributed by atoms with E-state index in [1.807, 2.05) is 31.2 Å². The summed E-state index contributed by atoms with van der Waals surface area (Å²) in [6, 6.07) is 7.91. The van der Waals surface area contributed by atoms with Gasteiger partial charge in [-0.3, -0.25) is 4.79 Å². The van der Waals surface area contributed by atoms with Gasteiger partial charge in [0.25, 0.3) is 0 Å². The highest BCUT2D eigenvalue weighted by Gasteiger charge is 2.44. The third kappa shape index (κ3) is 3.59. The summed E-state index contributed by atoms with van der Waals surface area (Å²) >= 11 is 2.25. The van der Waals surface area contributed by atoms with Crippen molar-refractivity contribution in [3.8, 4) is 5.75 Å². The molecule has 1 aromatic rings. The second kappa shape index (κ2) is 5.71. The van der Waals surface area contributed by atoms with Crippen molar-refractivity contribution < 1.29 is 14.3 Å². The highest BCUT2D eigenvalue weighted by molar-refractivity contribution is 14.1. The van der Waals surface area contributed by atoms with Crippen LogP contribution in [-0.4, -0.2) is 19.2 Å². The van der Waals surface area contributed by atoms with Crippen molar-refractivity contribution in [1.82, 2.24) is 0 Å². The molecule has 0 amide bonds. The lowest BCUT2D eigenvalue weighted by Gasteiger charge is -2.05. The summed E-state index contributed by atoms with van der Waals surface area (Å²) in [6.45, 7) is 2.89. The summed E-state index contributed by atoms with van der Waals surface area (Å²) in [5.74, 6) is 1.16. The zero-order valence-corrected chi connectivity index (χ0v) is 11.8. The molecule has 2 atom stereocenters. The third-order valence-corrected chi connectivity index (χ3v) is 3.51. The van der Waals surface area contributed by atoms with Gasteiger partial charge in [0.1, 0.15) is 5.75 Å². The molecule has 0 heterocycles. The van der Waals surface area contributed by atoms with Crippen LogP contribution in [0.1, 0.15) is 13.3 Å². The number of hydrogen-bond donors (Lipinski definition) is 0. The van der Waals surface area contributed by atoms with Crippen LogP contribution in [0.25, 0.3) is 0 Å². The van der Waals surface area contributed by atoms with Gasteiger partial charge in [-0.15, -0.1) is 0 Å². The Morgan fingerprint density at radius 2 is 2.12 bits per heavy atom. The van der Waals surface area contributed by atoms with E-state index in [2.05, 4.69) is 22.6 Å². The summed E-state index contributed by atoms with van der Waals surface area (Å²) in [5.41, 5.74) is 0. The first-order valence-corrected chi connectivity index (χ1v) is 6.83. The summed E-state index contributed by atoms with van der Waals surface area (Å²) in [4.78, 5) is 11.4. The number of esters is 1. The maximum Gasteiger partial charge on any atom is 0.309 e. The molecule has 0 bridgehead atoms. The fourth-order valence-corrected chi connectivity index (χ4v) is 2.06. The molecular weight excluding hydrogens is 331 g/mol. The first-order chi connectivity index (χ1) is 8.20. The number of benzene rings is 1. The highest BCUT2D eigenvalue weighted by atomic mass is 127. The molecule has 2 rings (SSSR count). The Morgan fingerprint density at radius 3 is 2.76 bits per heavy atom. The Labute approximate surface area is 115 Å². The van der Waals surface area contributed by atoms with Crippen LogP contribution in [0.4, 0.5) is 0 Å². The molecule has 4 heteroatoms. The molecule has 0 spiro atoms. The van der Waals surface area contributed by atoms with Gasteiger partial charge in [-0.25, -0.2) is 0 Å². The number of halogens is 1. The number of carbonyl (C=O) groups excluding carboxylic acids is 1. The van der Waals surface area contributed by atoms with Crippen molar-refractivity contribution in [3.63, 3.8) is 0 Å². The normalized spacial score (nSPS) is 22.0. The van der Waals surface area contributed by atoms with Crippen molar-refractivity contribution in [2.75, 3.05) is 13.2 Å². The molecule has 0 aromatic heterocycles. The highest BCUT2D eigenvalue weighted by Crippen LogP contribution is 2.39. The second-order valence-electron chi connectivity index (χ2n) is 4.12. The molecule has 1 saturated carbocycles. The maximum atomic E-state index is 11.4. The van der Waals surface area contributed by atoms with Crippen LogP contribution in [0.2, 0.25) is 0 Å². The summed E-state index contributed by atoms with van der Waals surface area (Å²) in [6.07, 6.45) is 0.892. The summed E-state index contributed by atoms with van der Waals surface area (Å²) < 4.78 is 11.8. The SMILES string of the molecule is CCOC(=O)[C@H]1C[C@@H]1COc1ccc(I)cc1. The van der Waals surface area contributed by atoms with Gasteiger partial charge in [-0.05, 0) is 60.2 Å². The van der Waals surface area contributed by atoms with Crippen LogP contribution < -0.4 is 4.74 Å². The Bertz CT molecular complexity index is 388. The van der Waals surface area contributed by atoms with Crippen LogP contribution in [0.3, 0.4) is 0 Å². The van der Waals surface area contributed by atoms with Crippen LogP contribution in [0.15, 0.2) is 24.3 Å². The van der Waals surface area contributed by atoms with E-state index in [1.165, 1.54) is 3.57 Å². The molecule has 0 unspecified atom stereocenters. The molecule has 92 valence electrons. The van der Waals surface area contributed by atoms with Gasteiger partial charge in [-0.1, -0.05) is 0 Å². The molecule has 0 aliphatic heterocycles. The molecule has 1 aliphatic rings. The van der Waals surface area contributed by atoms with Crippen LogP contribution in [-0.2, 0) is 9.53 Å². The second-order valence-corrected chi connectivity index (χ2v) is 5.36. The lowest BCUT2D eigenvalue weighted by atomic mass is 10.3. The lowest BCUT2D eigenvalue weighted by molar-refractivity contribution is -0.145. The molecule has 3 nitrogen and oxygen atoms in total. The fraction of sp³-hybridized carbons (Fsp3) is 0.462. The van der Waals surface area contributed by atoms with Gasteiger partial charge in [0.05, 0.1) is 19.1 Å². The average Bonchev–Trinajstić information content (AvgIpc) is 3.08. The quantitative estimate of drug-likeness (QED) is 0.608. The van der Waals surface area contributed by atoms with Gasteiger partial charge < -0.3 is 9.47 Å². The Morgan fingerprint density at radius 1 is 1.41 bits per heavy atom. The molecule has 0 radical (unpaired) electrons. The molecule has 1 aromatic carbocycles. The molecule has 1 aliphatic carbocycles. The minimum absolute atomic E-state index is 0.0544. The zero-order valence-electron chi connectivity index (χ0n) is 9.69. The molecule has 0 N–H and O–H groups in total. The summed E-state index contributed by atoms with van der Waals surface area (Å²) in [7, 11) is 0. The standard InChI is InChI=1S/C13H15IO3/c1-2-16-13(15)12-7-9(12)8-17-11-5-3-10(14)4-6-11/h3-6,9,12H,2,7-8H2,1H3/t9-,12+/m1/s1. The van der Waals surface area contributed by atoms with E-state index in [0.717, 1.165) is 12.2 Å². The van der Waals surface area contributed by atoms with Gasteiger partial charge in [0.15, 0.2) is 0 Å². The van der Waals surface area contributed by atoms with E-state index < -0.39 is 0 Å². The lowest BCUT2D eigenvalue weighted by Crippen LogP contribution is -2.10. The molecular formula is C13H15IO3. The smallest absolute Gasteiger partial charge is 0.309 e. The van der Waals surface area contributed by atoms with Crippen molar-refractivity contribution in [2.45, 2.75) is 13.3 Å². The third-order valence-electron chi connectivity index (χ3n) is 2.79. The minimum Gasteiger partial charge on any atom is -0.493 e. The van der Waals surface area contributed by atoms with Crippen molar-refractivity contribution in [2.24, 2.45) is 11.8 Å². The van der Waals surface area contributed by atoms with Gasteiger partial charge >= 0.3 is 5.97 Å². The summed E-state index contributed by atoms with van der Waals surface area (Å²) in [5, 5.41) is 0. The van der Waals surface area contributed by atoms with Crippen molar-refractivity contribution in [3.05, 3.63) is 27.8 Å². The minimum atomic E-state index is -0.0799. The van der Waals surface area contributed by atoms with Crippen LogP contribution >= 0.6 is 22.6 Å². The first-order valence-electron chi connectivity index (χ1n) is 5.75. The number of carbonyl (C=O) groups is 1. The first kappa shape index (κ1) is 12.7. The number of ether oxygens (including phenoxy) is 2. The van der Waals surface area contributed by atoms with E-state index in [4.69, 9.17) is 9.47 Å². The largest absolute Gasteiger partial charge is 0.493 e. The fourth-order valence-electron chi connectivity index (χ4n) is 1.70. The molecule has 0 saturated heterocycles. The van der Waals surface area contributed by atoms with Crippen molar-refractivity contribution in [1.29, 1.82) is 0 Å². The zero-order chi connectivity index (χ0) is 12.3. The van der Waals surface area contributed by atoms with E-state index in [-0.39, 0.29) is 11.9 Å². The van der Waals surface area contributed by atoms with Gasteiger partial charge in [0.2, 0.25) is 0 Å². The average molecular weight is 346 g/mol.